The van der Waals surface area contributed by atoms with Crippen molar-refractivity contribution in [1.82, 2.24) is 4.90 Å². The number of methoxy groups -OCH3 is 1. The Bertz CT molecular complexity index is 1090. The summed E-state index contributed by atoms with van der Waals surface area (Å²) in [6, 6.07) is 13.9. The first-order valence-corrected chi connectivity index (χ1v) is 10.8. The molecular formula is C23H22N2O7S. The second kappa shape index (κ2) is 11.2. The molecule has 2 aromatic rings. The molecule has 0 bridgehead atoms. The van der Waals surface area contributed by atoms with Crippen molar-refractivity contribution in [2.24, 2.45) is 0 Å². The van der Waals surface area contributed by atoms with Gasteiger partial charge in [0.1, 0.15) is 6.54 Å². The quantitative estimate of drug-likeness (QED) is 0.439. The Kier molecular flexibility index (Phi) is 8.09. The van der Waals surface area contributed by atoms with Crippen molar-refractivity contribution in [3.63, 3.8) is 0 Å². The highest BCUT2D eigenvalue weighted by Gasteiger charge is 2.37. The van der Waals surface area contributed by atoms with Crippen LogP contribution in [0.25, 0.3) is 6.08 Å². The third-order valence-corrected chi connectivity index (χ3v) is 5.29. The minimum atomic E-state index is -0.670. The molecular weight excluding hydrogens is 448 g/mol. The van der Waals surface area contributed by atoms with Gasteiger partial charge in [-0.15, -0.1) is 0 Å². The number of nitrogens with one attached hydrogen (secondary N) is 1. The number of benzene rings is 2. The minimum absolute atomic E-state index is 0.108. The third kappa shape index (κ3) is 6.13. The monoisotopic (exact) mass is 470 g/mol. The zero-order valence-electron chi connectivity index (χ0n) is 18.0. The van der Waals surface area contributed by atoms with Gasteiger partial charge in [-0.3, -0.25) is 24.1 Å². The number of ether oxygens (including phenoxy) is 3. The number of nitrogens with zero attached hydrogens (tertiary/aromatic N) is 1. The van der Waals surface area contributed by atoms with Crippen molar-refractivity contribution in [1.29, 1.82) is 0 Å². The van der Waals surface area contributed by atoms with E-state index in [2.05, 4.69) is 5.32 Å². The molecule has 0 unspecified atom stereocenters. The fourth-order valence-electron chi connectivity index (χ4n) is 2.93. The lowest BCUT2D eigenvalue weighted by Gasteiger charge is -2.14. The van der Waals surface area contributed by atoms with Gasteiger partial charge in [0.25, 0.3) is 17.1 Å². The van der Waals surface area contributed by atoms with E-state index in [1.54, 1.807) is 49.4 Å². The van der Waals surface area contributed by atoms with Crippen LogP contribution in [-0.4, -0.2) is 54.8 Å². The summed E-state index contributed by atoms with van der Waals surface area (Å²) < 4.78 is 15.9. The molecule has 3 amide bonds. The Hall–Kier alpha value is -3.79. The maximum absolute atomic E-state index is 12.7. The van der Waals surface area contributed by atoms with Crippen LogP contribution in [0.1, 0.15) is 12.5 Å². The van der Waals surface area contributed by atoms with Crippen LogP contribution in [0.5, 0.6) is 11.5 Å². The van der Waals surface area contributed by atoms with Gasteiger partial charge in [-0.05, 0) is 43.0 Å². The molecule has 0 aliphatic carbocycles. The molecule has 33 heavy (non-hydrogen) atoms. The molecule has 0 saturated carbocycles. The van der Waals surface area contributed by atoms with E-state index in [0.29, 0.717) is 28.8 Å². The fourth-order valence-corrected chi connectivity index (χ4v) is 3.76. The van der Waals surface area contributed by atoms with Gasteiger partial charge in [0.05, 0.1) is 18.6 Å². The highest BCUT2D eigenvalue weighted by atomic mass is 32.2. The van der Waals surface area contributed by atoms with Crippen LogP contribution < -0.4 is 14.8 Å². The predicted octanol–water partition coefficient (Wildman–Crippen LogP) is 3.31. The summed E-state index contributed by atoms with van der Waals surface area (Å²) in [4.78, 5) is 49.8. The number of rotatable bonds is 9. The molecule has 1 saturated heterocycles. The van der Waals surface area contributed by atoms with Crippen molar-refractivity contribution >= 4 is 46.5 Å². The molecule has 1 N–H and O–H groups in total. The molecule has 1 fully saturated rings. The Morgan fingerprint density at radius 3 is 2.55 bits per heavy atom. The number of hydrogen-bond donors (Lipinski definition) is 1. The van der Waals surface area contributed by atoms with Crippen molar-refractivity contribution in [2.75, 3.05) is 32.2 Å². The van der Waals surface area contributed by atoms with E-state index < -0.39 is 23.7 Å². The molecule has 0 radical (unpaired) electrons. The van der Waals surface area contributed by atoms with E-state index >= 15 is 0 Å². The Morgan fingerprint density at radius 2 is 1.85 bits per heavy atom. The predicted molar refractivity (Wildman–Crippen MR) is 123 cm³/mol. The Labute approximate surface area is 194 Å². The standard InChI is InChI=1S/C23H22N2O7S/c1-3-31-20(27)13-25-22(28)18(33-23(25)29)12-15-8-7-11-17(30-2)21(15)32-14-19(26)24-16-9-5-4-6-10-16/h4-12H,3,13-14H2,1-2H3,(H,24,26)/b18-12+. The molecule has 1 heterocycles. The van der Waals surface area contributed by atoms with E-state index in [0.717, 1.165) is 4.90 Å². The van der Waals surface area contributed by atoms with Crippen molar-refractivity contribution in [3.8, 4) is 11.5 Å². The summed E-state index contributed by atoms with van der Waals surface area (Å²) in [7, 11) is 1.45. The zero-order valence-corrected chi connectivity index (χ0v) is 18.8. The number of thioether (sulfide) groups is 1. The highest BCUT2D eigenvalue weighted by Crippen LogP contribution is 2.37. The normalized spacial score (nSPS) is 14.4. The van der Waals surface area contributed by atoms with Crippen LogP contribution in [-0.2, 0) is 19.1 Å². The third-order valence-electron chi connectivity index (χ3n) is 4.39. The van der Waals surface area contributed by atoms with Gasteiger partial charge in [0, 0.05) is 11.3 Å². The van der Waals surface area contributed by atoms with Crippen LogP contribution in [0, 0.1) is 0 Å². The second-order valence-electron chi connectivity index (χ2n) is 6.65. The maximum Gasteiger partial charge on any atom is 0.326 e. The first-order valence-electron chi connectivity index (χ1n) is 9.98. The molecule has 1 aliphatic heterocycles. The van der Waals surface area contributed by atoms with E-state index in [4.69, 9.17) is 14.2 Å². The van der Waals surface area contributed by atoms with Crippen LogP contribution >= 0.6 is 11.8 Å². The van der Waals surface area contributed by atoms with Gasteiger partial charge in [-0.1, -0.05) is 30.3 Å². The summed E-state index contributed by atoms with van der Waals surface area (Å²) in [6.07, 6.45) is 1.46. The number of para-hydroxylation sites is 2. The molecule has 10 heteroatoms. The average molecular weight is 471 g/mol. The molecule has 2 aromatic carbocycles. The number of anilines is 1. The minimum Gasteiger partial charge on any atom is -0.493 e. The van der Waals surface area contributed by atoms with Crippen LogP contribution in [0.2, 0.25) is 0 Å². The first-order chi connectivity index (χ1) is 15.9. The van der Waals surface area contributed by atoms with Gasteiger partial charge in [-0.2, -0.15) is 0 Å². The van der Waals surface area contributed by atoms with E-state index in [-0.39, 0.29) is 29.8 Å². The zero-order chi connectivity index (χ0) is 23.8. The molecule has 1 aliphatic rings. The highest BCUT2D eigenvalue weighted by molar-refractivity contribution is 8.18. The number of carbonyl (C=O) groups is 4. The van der Waals surface area contributed by atoms with E-state index in [1.165, 1.54) is 13.2 Å². The summed E-state index contributed by atoms with van der Waals surface area (Å²) in [6.45, 7) is 1.01. The number of imide groups is 1. The molecule has 0 spiro atoms. The lowest BCUT2D eigenvalue weighted by Crippen LogP contribution is -2.34. The number of amides is 3. The summed E-state index contributed by atoms with van der Waals surface area (Å²) >= 11 is 0.700. The molecule has 0 atom stereocenters. The van der Waals surface area contributed by atoms with Gasteiger partial charge in [0.15, 0.2) is 18.1 Å². The largest absolute Gasteiger partial charge is 0.493 e. The van der Waals surface area contributed by atoms with Gasteiger partial charge < -0.3 is 19.5 Å². The summed E-state index contributed by atoms with van der Waals surface area (Å²) in [5, 5.41) is 2.14. The Balaban J connectivity index is 1.77. The number of hydrogen-bond acceptors (Lipinski definition) is 8. The maximum atomic E-state index is 12.7. The molecule has 172 valence electrons. The summed E-state index contributed by atoms with van der Waals surface area (Å²) in [5.74, 6) is -1.08. The van der Waals surface area contributed by atoms with Gasteiger partial charge in [0.2, 0.25) is 0 Å². The van der Waals surface area contributed by atoms with E-state index in [9.17, 15) is 19.2 Å². The van der Waals surface area contributed by atoms with Gasteiger partial charge in [-0.25, -0.2) is 0 Å². The molecule has 9 nitrogen and oxygen atoms in total. The number of esters is 1. The van der Waals surface area contributed by atoms with Crippen molar-refractivity contribution in [3.05, 3.63) is 59.0 Å². The number of carbonyl (C=O) groups excluding carboxylic acids is 4. The van der Waals surface area contributed by atoms with Gasteiger partial charge >= 0.3 is 5.97 Å². The first kappa shape index (κ1) is 23.9. The average Bonchev–Trinajstić information content (AvgIpc) is 3.06. The lowest BCUT2D eigenvalue weighted by atomic mass is 10.1. The van der Waals surface area contributed by atoms with Crippen LogP contribution in [0.3, 0.4) is 0 Å². The van der Waals surface area contributed by atoms with Crippen molar-refractivity contribution < 1.29 is 33.4 Å². The lowest BCUT2D eigenvalue weighted by molar-refractivity contribution is -0.146. The molecule has 3 rings (SSSR count). The molecule has 0 aromatic heterocycles. The summed E-state index contributed by atoms with van der Waals surface area (Å²) in [5.41, 5.74) is 1.06. The Morgan fingerprint density at radius 1 is 1.09 bits per heavy atom. The van der Waals surface area contributed by atoms with Crippen LogP contribution in [0.15, 0.2) is 53.4 Å². The van der Waals surface area contributed by atoms with Crippen LogP contribution in [0.4, 0.5) is 10.5 Å². The fraction of sp³-hybridized carbons (Fsp3) is 0.217. The second-order valence-corrected chi connectivity index (χ2v) is 7.65. The SMILES string of the molecule is CCOC(=O)CN1C(=O)S/C(=C/c2cccc(OC)c2OCC(=O)Nc2ccccc2)C1=O. The van der Waals surface area contributed by atoms with E-state index in [1.807, 2.05) is 6.07 Å². The topological polar surface area (TPSA) is 111 Å². The smallest absolute Gasteiger partial charge is 0.326 e. The van der Waals surface area contributed by atoms with Crippen molar-refractivity contribution in [2.45, 2.75) is 6.92 Å².